The number of nitrogens with zero attached hydrogens (tertiary/aromatic N) is 1. The van der Waals surface area contributed by atoms with Gasteiger partial charge in [0.1, 0.15) is 5.75 Å². The molecule has 4 heteroatoms. The number of rotatable bonds is 6. The van der Waals surface area contributed by atoms with Crippen molar-refractivity contribution in [1.29, 1.82) is 0 Å². The molecule has 2 bridgehead atoms. The molecule has 2 saturated heterocycles. The molecule has 4 nitrogen and oxygen atoms in total. The van der Waals surface area contributed by atoms with E-state index < -0.39 is 0 Å². The highest BCUT2D eigenvalue weighted by molar-refractivity contribution is 5.80. The Kier molecular flexibility index (Phi) is 4.25. The molecule has 0 N–H and O–H groups in total. The van der Waals surface area contributed by atoms with Crippen molar-refractivity contribution in [2.75, 3.05) is 7.11 Å². The summed E-state index contributed by atoms with van der Waals surface area (Å²) >= 11 is 0. The number of fused-ring (bicyclic) bond motifs is 2. The molecule has 1 aromatic carbocycles. The van der Waals surface area contributed by atoms with Crippen LogP contribution < -0.4 is 4.74 Å². The fourth-order valence-corrected chi connectivity index (χ4v) is 4.29. The summed E-state index contributed by atoms with van der Waals surface area (Å²) in [5.41, 5.74) is 1.17. The number of carbonyl (C=O) groups is 1. The molecule has 3 aliphatic rings. The zero-order chi connectivity index (χ0) is 16.7. The van der Waals surface area contributed by atoms with Crippen molar-refractivity contribution in [2.45, 2.75) is 63.8 Å². The van der Waals surface area contributed by atoms with Crippen molar-refractivity contribution in [3.8, 4) is 5.75 Å². The third kappa shape index (κ3) is 3.04. The van der Waals surface area contributed by atoms with Crippen molar-refractivity contribution in [3.05, 3.63) is 29.8 Å². The largest absolute Gasteiger partial charge is 0.497 e. The molecule has 1 saturated carbocycles. The van der Waals surface area contributed by atoms with Crippen molar-refractivity contribution in [1.82, 2.24) is 4.90 Å². The van der Waals surface area contributed by atoms with Gasteiger partial charge in [-0.05, 0) is 62.6 Å². The molecule has 4 rings (SSSR count). The van der Waals surface area contributed by atoms with Gasteiger partial charge in [0, 0.05) is 12.6 Å². The molecule has 2 aliphatic heterocycles. The molecule has 0 spiro atoms. The lowest BCUT2D eigenvalue weighted by atomic mass is 9.87. The molecule has 4 atom stereocenters. The summed E-state index contributed by atoms with van der Waals surface area (Å²) in [5, 5.41) is 0. The third-order valence-corrected chi connectivity index (χ3v) is 6.01. The summed E-state index contributed by atoms with van der Waals surface area (Å²) in [5.74, 6) is 1.90. The van der Waals surface area contributed by atoms with Gasteiger partial charge in [0.15, 0.2) is 0 Å². The number of benzene rings is 1. The fourth-order valence-electron chi connectivity index (χ4n) is 4.29. The van der Waals surface area contributed by atoms with Gasteiger partial charge < -0.3 is 14.4 Å². The van der Waals surface area contributed by atoms with Crippen LogP contribution in [0.3, 0.4) is 0 Å². The second-order valence-electron chi connectivity index (χ2n) is 7.61. The Morgan fingerprint density at radius 1 is 1.25 bits per heavy atom. The van der Waals surface area contributed by atoms with Crippen molar-refractivity contribution < 1.29 is 14.3 Å². The molecule has 0 aromatic heterocycles. The normalized spacial score (nSPS) is 29.5. The maximum Gasteiger partial charge on any atom is 0.228 e. The Hall–Kier alpha value is -1.55. The first-order valence-corrected chi connectivity index (χ1v) is 9.24. The Labute approximate surface area is 144 Å². The number of hydrogen-bond acceptors (Lipinski definition) is 3. The van der Waals surface area contributed by atoms with Gasteiger partial charge in [0.2, 0.25) is 5.91 Å². The molecular formula is C20H27NO3. The monoisotopic (exact) mass is 329 g/mol. The second kappa shape index (κ2) is 6.40. The quantitative estimate of drug-likeness (QED) is 0.803. The van der Waals surface area contributed by atoms with E-state index in [0.29, 0.717) is 30.5 Å². The molecule has 1 amide bonds. The predicted octanol–water partition coefficient (Wildman–Crippen LogP) is 3.39. The minimum Gasteiger partial charge on any atom is -0.497 e. The number of amides is 1. The van der Waals surface area contributed by atoms with E-state index in [0.717, 1.165) is 25.0 Å². The van der Waals surface area contributed by atoms with E-state index in [1.165, 1.54) is 18.4 Å². The standard InChI is InChI=1S/C20H27NO3/c1-13(15-5-6-15)21(12-14-3-7-16(23-2)8-4-14)20(22)18-11-17-9-10-19(18)24-17/h3-4,7-8,13,15,17-19H,5-6,9-12H2,1-2H3/t13-,17+,18-,19+/m1/s1. The van der Waals surface area contributed by atoms with Crippen LogP contribution in [0, 0.1) is 11.8 Å². The second-order valence-corrected chi connectivity index (χ2v) is 7.61. The Bertz CT molecular complexity index is 595. The van der Waals surface area contributed by atoms with Crippen LogP contribution in [0.25, 0.3) is 0 Å². The first kappa shape index (κ1) is 15.9. The number of ether oxygens (including phenoxy) is 2. The highest BCUT2D eigenvalue weighted by Gasteiger charge is 2.47. The maximum absolute atomic E-state index is 13.3. The Balaban J connectivity index is 1.51. The van der Waals surface area contributed by atoms with Crippen LogP contribution >= 0.6 is 0 Å². The molecule has 3 fully saturated rings. The Morgan fingerprint density at radius 2 is 2.00 bits per heavy atom. The smallest absolute Gasteiger partial charge is 0.228 e. The van der Waals surface area contributed by atoms with Gasteiger partial charge in [0.25, 0.3) is 0 Å². The van der Waals surface area contributed by atoms with Gasteiger partial charge in [-0.15, -0.1) is 0 Å². The SMILES string of the molecule is COc1ccc(CN(C(=O)[C@@H]2C[C@@H]3CC[C@@H]2O3)[C@H](C)C2CC2)cc1. The minimum atomic E-state index is 0.0724. The summed E-state index contributed by atoms with van der Waals surface area (Å²) in [4.78, 5) is 15.4. The van der Waals surface area contributed by atoms with E-state index in [1.54, 1.807) is 7.11 Å². The van der Waals surface area contributed by atoms with E-state index in [1.807, 2.05) is 12.1 Å². The molecule has 130 valence electrons. The van der Waals surface area contributed by atoms with E-state index in [4.69, 9.17) is 9.47 Å². The number of hydrogen-bond donors (Lipinski definition) is 0. The molecule has 0 unspecified atom stereocenters. The molecule has 0 radical (unpaired) electrons. The first-order chi connectivity index (χ1) is 11.7. The van der Waals surface area contributed by atoms with Crippen LogP contribution in [0.2, 0.25) is 0 Å². The lowest BCUT2D eigenvalue weighted by molar-refractivity contribution is -0.140. The van der Waals surface area contributed by atoms with Crippen LogP contribution in [0.5, 0.6) is 5.75 Å². The number of carbonyl (C=O) groups excluding carboxylic acids is 1. The zero-order valence-corrected chi connectivity index (χ0v) is 14.6. The minimum absolute atomic E-state index is 0.0724. The topological polar surface area (TPSA) is 38.8 Å². The number of methoxy groups -OCH3 is 1. The van der Waals surface area contributed by atoms with E-state index in [2.05, 4.69) is 24.0 Å². The van der Waals surface area contributed by atoms with Crippen molar-refractivity contribution >= 4 is 5.91 Å². The summed E-state index contributed by atoms with van der Waals surface area (Å²) in [6, 6.07) is 8.39. The third-order valence-electron chi connectivity index (χ3n) is 6.01. The molecule has 24 heavy (non-hydrogen) atoms. The first-order valence-electron chi connectivity index (χ1n) is 9.24. The van der Waals surface area contributed by atoms with E-state index in [9.17, 15) is 4.79 Å². The summed E-state index contributed by atoms with van der Waals surface area (Å²) < 4.78 is 11.2. The van der Waals surface area contributed by atoms with Gasteiger partial charge in [-0.1, -0.05) is 12.1 Å². The molecule has 1 aliphatic carbocycles. The van der Waals surface area contributed by atoms with Gasteiger partial charge in [-0.25, -0.2) is 0 Å². The molecular weight excluding hydrogens is 302 g/mol. The highest BCUT2D eigenvalue weighted by Crippen LogP contribution is 2.42. The van der Waals surface area contributed by atoms with Crippen LogP contribution in [-0.2, 0) is 16.1 Å². The van der Waals surface area contributed by atoms with Crippen LogP contribution in [0.15, 0.2) is 24.3 Å². The summed E-state index contributed by atoms with van der Waals surface area (Å²) in [6.07, 6.45) is 6.08. The lowest BCUT2D eigenvalue weighted by Gasteiger charge is -2.33. The van der Waals surface area contributed by atoms with Gasteiger partial charge >= 0.3 is 0 Å². The van der Waals surface area contributed by atoms with Crippen LogP contribution in [-0.4, -0.2) is 36.2 Å². The lowest BCUT2D eigenvalue weighted by Crippen LogP contribution is -2.45. The van der Waals surface area contributed by atoms with Crippen molar-refractivity contribution in [2.24, 2.45) is 11.8 Å². The van der Waals surface area contributed by atoms with Gasteiger partial charge in [-0.2, -0.15) is 0 Å². The van der Waals surface area contributed by atoms with Crippen LogP contribution in [0.4, 0.5) is 0 Å². The average Bonchev–Trinajstić information content (AvgIpc) is 3.26. The maximum atomic E-state index is 13.3. The highest BCUT2D eigenvalue weighted by atomic mass is 16.5. The Morgan fingerprint density at radius 3 is 2.54 bits per heavy atom. The van der Waals surface area contributed by atoms with Crippen LogP contribution in [0.1, 0.15) is 44.6 Å². The van der Waals surface area contributed by atoms with Gasteiger partial charge in [0.05, 0.1) is 25.2 Å². The van der Waals surface area contributed by atoms with E-state index in [-0.39, 0.29) is 12.0 Å². The molecule has 2 heterocycles. The zero-order valence-electron chi connectivity index (χ0n) is 14.6. The summed E-state index contributed by atoms with van der Waals surface area (Å²) in [7, 11) is 1.68. The summed E-state index contributed by atoms with van der Waals surface area (Å²) in [6.45, 7) is 2.90. The fraction of sp³-hybridized carbons (Fsp3) is 0.650. The van der Waals surface area contributed by atoms with Gasteiger partial charge in [-0.3, -0.25) is 4.79 Å². The molecule has 1 aromatic rings. The predicted molar refractivity (Wildman–Crippen MR) is 91.7 cm³/mol. The van der Waals surface area contributed by atoms with Crippen molar-refractivity contribution in [3.63, 3.8) is 0 Å². The van der Waals surface area contributed by atoms with E-state index >= 15 is 0 Å². The average molecular weight is 329 g/mol.